The number of hydrogen-bond donors (Lipinski definition) is 0. The molecule has 1 fully saturated rings. The largest absolute Gasteiger partial charge is 0.371 e. The van der Waals surface area contributed by atoms with Crippen LogP contribution in [0.4, 0.5) is 14.5 Å². The van der Waals surface area contributed by atoms with Crippen molar-refractivity contribution in [2.24, 2.45) is 5.92 Å². The van der Waals surface area contributed by atoms with E-state index in [9.17, 15) is 8.78 Å². The minimum atomic E-state index is -0.705. The van der Waals surface area contributed by atoms with Crippen LogP contribution in [0, 0.1) is 40.7 Å². The van der Waals surface area contributed by atoms with E-state index in [4.69, 9.17) is 5.26 Å². The second-order valence-electron chi connectivity index (χ2n) is 5.37. The maximum absolute atomic E-state index is 13.9. The van der Waals surface area contributed by atoms with Gasteiger partial charge >= 0.3 is 0 Å². The van der Waals surface area contributed by atoms with E-state index in [2.05, 4.69) is 12.8 Å². The summed E-state index contributed by atoms with van der Waals surface area (Å²) in [5, 5.41) is 8.36. The molecule has 1 aliphatic heterocycles. The van der Waals surface area contributed by atoms with Gasteiger partial charge in [0.25, 0.3) is 0 Å². The summed E-state index contributed by atoms with van der Waals surface area (Å²) in [7, 11) is 0. The molecule has 4 heteroatoms. The van der Waals surface area contributed by atoms with Gasteiger partial charge in [0.2, 0.25) is 0 Å². The lowest BCUT2D eigenvalue weighted by molar-refractivity contribution is 0.378. The van der Waals surface area contributed by atoms with Crippen molar-refractivity contribution in [1.29, 1.82) is 5.26 Å². The highest BCUT2D eigenvalue weighted by Gasteiger charge is 2.20. The molecule has 0 atom stereocenters. The quantitative estimate of drug-likeness (QED) is 0.790. The van der Waals surface area contributed by atoms with Crippen LogP contribution in [0.15, 0.2) is 12.1 Å². The van der Waals surface area contributed by atoms with Crippen molar-refractivity contribution in [3.05, 3.63) is 29.3 Å². The second-order valence-corrected chi connectivity index (χ2v) is 5.37. The van der Waals surface area contributed by atoms with Crippen molar-refractivity contribution in [1.82, 2.24) is 0 Å². The zero-order valence-corrected chi connectivity index (χ0v) is 12.1. The fourth-order valence-corrected chi connectivity index (χ4v) is 2.84. The van der Waals surface area contributed by atoms with E-state index in [-0.39, 0.29) is 5.56 Å². The zero-order chi connectivity index (χ0) is 15.2. The maximum Gasteiger partial charge on any atom is 0.152 e. The van der Waals surface area contributed by atoms with Gasteiger partial charge in [0.05, 0.1) is 5.56 Å². The van der Waals surface area contributed by atoms with Gasteiger partial charge in [-0.2, -0.15) is 5.26 Å². The van der Waals surface area contributed by atoms with Crippen molar-refractivity contribution < 1.29 is 8.78 Å². The van der Waals surface area contributed by atoms with Crippen LogP contribution in [-0.4, -0.2) is 13.1 Å². The monoisotopic (exact) mass is 288 g/mol. The Morgan fingerprint density at radius 2 is 1.86 bits per heavy atom. The van der Waals surface area contributed by atoms with Gasteiger partial charge in [0.15, 0.2) is 6.07 Å². The number of rotatable bonds is 3. The van der Waals surface area contributed by atoms with Gasteiger partial charge in [-0.1, -0.05) is 19.8 Å². The molecule has 0 amide bonds. The molecule has 0 radical (unpaired) electrons. The van der Waals surface area contributed by atoms with Crippen molar-refractivity contribution >= 4 is 5.69 Å². The van der Waals surface area contributed by atoms with Crippen molar-refractivity contribution in [2.45, 2.75) is 32.6 Å². The van der Waals surface area contributed by atoms with Crippen LogP contribution in [-0.2, 0) is 0 Å². The molecule has 1 aromatic rings. The number of piperidine rings is 1. The van der Waals surface area contributed by atoms with Gasteiger partial charge in [0.1, 0.15) is 11.6 Å². The number of halogens is 2. The van der Waals surface area contributed by atoms with Gasteiger partial charge in [-0.15, -0.1) is 0 Å². The average Bonchev–Trinajstić information content (AvgIpc) is 2.47. The Morgan fingerprint density at radius 3 is 2.38 bits per heavy atom. The molecule has 0 unspecified atom stereocenters. The third-order valence-electron chi connectivity index (χ3n) is 3.95. The lowest BCUT2D eigenvalue weighted by atomic mass is 9.92. The third-order valence-corrected chi connectivity index (χ3v) is 3.95. The fraction of sp³-hybridized carbons (Fsp3) is 0.471. The van der Waals surface area contributed by atoms with Crippen LogP contribution in [0.3, 0.4) is 0 Å². The number of anilines is 1. The van der Waals surface area contributed by atoms with Gasteiger partial charge in [-0.25, -0.2) is 8.78 Å². The molecule has 0 N–H and O–H groups in total. The summed E-state index contributed by atoms with van der Waals surface area (Å²) < 4.78 is 27.8. The Balaban J connectivity index is 2.14. The van der Waals surface area contributed by atoms with Crippen molar-refractivity contribution in [2.75, 3.05) is 18.0 Å². The summed E-state index contributed by atoms with van der Waals surface area (Å²) in [5.41, 5.74) is 0.226. The molecule has 21 heavy (non-hydrogen) atoms. The highest BCUT2D eigenvalue weighted by molar-refractivity contribution is 5.53. The van der Waals surface area contributed by atoms with E-state index in [0.29, 0.717) is 5.69 Å². The van der Waals surface area contributed by atoms with E-state index in [1.54, 1.807) is 6.07 Å². The molecule has 1 saturated heterocycles. The van der Waals surface area contributed by atoms with Crippen LogP contribution in [0.2, 0.25) is 0 Å². The Bertz CT molecular complexity index is 576. The standard InChI is InChI=1S/C17H18F2N2/c1-2-4-13-6-9-21(10-7-13)14-11-16(18)15(5-3-8-20)17(19)12-14/h11-13H,2,4,6-7,9-10H2,1H3. The first-order valence-corrected chi connectivity index (χ1v) is 7.29. The Labute approximate surface area is 124 Å². The lowest BCUT2D eigenvalue weighted by Crippen LogP contribution is -2.33. The topological polar surface area (TPSA) is 27.0 Å². The van der Waals surface area contributed by atoms with Gasteiger partial charge in [-0.3, -0.25) is 0 Å². The molecule has 110 valence electrons. The first-order valence-electron chi connectivity index (χ1n) is 7.29. The first-order chi connectivity index (χ1) is 10.2. The summed E-state index contributed by atoms with van der Waals surface area (Å²) in [5.74, 6) is 3.55. The SMILES string of the molecule is CCCC1CCN(c2cc(F)c(C#CC#N)c(F)c2)CC1. The smallest absolute Gasteiger partial charge is 0.152 e. The molecule has 0 aromatic heterocycles. The molecule has 0 spiro atoms. The fourth-order valence-electron chi connectivity index (χ4n) is 2.84. The number of hydrogen-bond acceptors (Lipinski definition) is 2. The van der Waals surface area contributed by atoms with Gasteiger partial charge in [0, 0.05) is 24.7 Å². The van der Waals surface area contributed by atoms with E-state index < -0.39 is 11.6 Å². The van der Waals surface area contributed by atoms with Crippen LogP contribution < -0.4 is 4.90 Å². The number of benzene rings is 1. The summed E-state index contributed by atoms with van der Waals surface area (Å²) >= 11 is 0. The lowest BCUT2D eigenvalue weighted by Gasteiger charge is -2.33. The normalized spacial score (nSPS) is 15.2. The van der Waals surface area contributed by atoms with Crippen LogP contribution in [0.25, 0.3) is 0 Å². The summed E-state index contributed by atoms with van der Waals surface area (Å²) in [6.45, 7) is 3.83. The van der Waals surface area contributed by atoms with E-state index in [1.807, 2.05) is 10.8 Å². The molecule has 0 bridgehead atoms. The highest BCUT2D eigenvalue weighted by Crippen LogP contribution is 2.28. The van der Waals surface area contributed by atoms with Gasteiger partial charge < -0.3 is 4.90 Å². The molecule has 1 aromatic carbocycles. The van der Waals surface area contributed by atoms with Crippen LogP contribution in [0.5, 0.6) is 0 Å². The van der Waals surface area contributed by atoms with Gasteiger partial charge in [-0.05, 0) is 36.8 Å². The van der Waals surface area contributed by atoms with Crippen molar-refractivity contribution in [3.63, 3.8) is 0 Å². The Kier molecular flexibility index (Phi) is 5.17. The van der Waals surface area contributed by atoms with E-state index in [0.717, 1.165) is 31.8 Å². The molecule has 0 aliphatic carbocycles. The zero-order valence-electron chi connectivity index (χ0n) is 12.1. The molecule has 1 heterocycles. The third kappa shape index (κ3) is 3.73. The minimum Gasteiger partial charge on any atom is -0.371 e. The Morgan fingerprint density at radius 1 is 1.24 bits per heavy atom. The predicted molar refractivity (Wildman–Crippen MR) is 78.7 cm³/mol. The van der Waals surface area contributed by atoms with E-state index in [1.165, 1.54) is 25.0 Å². The first kappa shape index (κ1) is 15.3. The molecule has 2 nitrogen and oxygen atoms in total. The predicted octanol–water partition coefficient (Wildman–Crippen LogP) is 3.86. The van der Waals surface area contributed by atoms with Crippen molar-refractivity contribution in [3.8, 4) is 17.9 Å². The maximum atomic E-state index is 13.9. The molecule has 1 aliphatic rings. The van der Waals surface area contributed by atoms with E-state index >= 15 is 0 Å². The van der Waals surface area contributed by atoms with Crippen LogP contribution >= 0.6 is 0 Å². The Hall–Kier alpha value is -2.07. The number of nitrogens with zero attached hydrogens (tertiary/aromatic N) is 2. The second kappa shape index (κ2) is 7.09. The molecular formula is C17H18F2N2. The summed E-state index contributed by atoms with van der Waals surface area (Å²) in [6, 6.07) is 4.18. The minimum absolute atomic E-state index is 0.332. The molecule has 2 rings (SSSR count). The highest BCUT2D eigenvalue weighted by atomic mass is 19.1. The molecule has 0 saturated carbocycles. The summed E-state index contributed by atoms with van der Waals surface area (Å²) in [4.78, 5) is 2.01. The van der Waals surface area contributed by atoms with Crippen LogP contribution in [0.1, 0.15) is 38.2 Å². The molecular weight excluding hydrogens is 270 g/mol. The summed E-state index contributed by atoms with van der Waals surface area (Å²) in [6.07, 6.45) is 4.53. The average molecular weight is 288 g/mol. The number of nitriles is 1.